The predicted molar refractivity (Wildman–Crippen MR) is 76.2 cm³/mol. The van der Waals surface area contributed by atoms with Gasteiger partial charge in [-0.1, -0.05) is 12.1 Å². The molecule has 1 amide bonds. The Labute approximate surface area is 131 Å². The number of amides is 1. The zero-order valence-electron chi connectivity index (χ0n) is 12.0. The highest BCUT2D eigenvalue weighted by Crippen LogP contribution is 2.24. The van der Waals surface area contributed by atoms with Crippen LogP contribution in [0.2, 0.25) is 0 Å². The van der Waals surface area contributed by atoms with E-state index in [9.17, 15) is 31.4 Å². The van der Waals surface area contributed by atoms with Gasteiger partial charge in [-0.15, -0.1) is 3.89 Å². The summed E-state index contributed by atoms with van der Waals surface area (Å²) in [7, 11) is -4.74. The molecule has 1 fully saturated rings. The van der Waals surface area contributed by atoms with Gasteiger partial charge in [-0.3, -0.25) is 4.79 Å². The number of halogens is 2. The fraction of sp³-hybridized carbons (Fsp3) is 0.429. The minimum Gasteiger partial charge on any atom is -0.480 e. The smallest absolute Gasteiger partial charge is 0.326 e. The first-order chi connectivity index (χ1) is 10.7. The van der Waals surface area contributed by atoms with Gasteiger partial charge in [0.2, 0.25) is 5.91 Å². The van der Waals surface area contributed by atoms with Crippen LogP contribution in [0.25, 0.3) is 0 Å². The van der Waals surface area contributed by atoms with E-state index in [4.69, 9.17) is 0 Å². The van der Waals surface area contributed by atoms with Crippen LogP contribution in [0.3, 0.4) is 0 Å². The molecule has 2 rings (SSSR count). The third-order valence-electron chi connectivity index (χ3n) is 3.65. The van der Waals surface area contributed by atoms with Crippen molar-refractivity contribution in [2.45, 2.75) is 18.9 Å². The Kier molecular flexibility index (Phi) is 4.98. The molecule has 0 bridgehead atoms. The van der Waals surface area contributed by atoms with Crippen molar-refractivity contribution in [3.05, 3.63) is 35.6 Å². The summed E-state index contributed by atoms with van der Waals surface area (Å²) in [6.07, 6.45) is -0.343. The van der Waals surface area contributed by atoms with Crippen molar-refractivity contribution in [2.75, 3.05) is 12.3 Å². The number of aliphatic carboxylic acids is 1. The molecule has 0 aromatic heterocycles. The minimum atomic E-state index is -4.74. The fourth-order valence-corrected chi connectivity index (χ4v) is 3.51. The second-order valence-electron chi connectivity index (χ2n) is 5.51. The Bertz CT molecular complexity index is 722. The van der Waals surface area contributed by atoms with Crippen LogP contribution in [-0.4, -0.2) is 48.6 Å². The number of hydrogen-bond donors (Lipinski definition) is 1. The molecule has 1 aromatic rings. The Morgan fingerprint density at radius 1 is 1.43 bits per heavy atom. The average molecular weight is 347 g/mol. The number of nitrogens with zero attached hydrogens (tertiary/aromatic N) is 1. The standard InChI is InChI=1S/C14H15F2NO5S/c15-11-3-1-2-9(4-11)5-12(14(19)20)17-7-10(6-13(17)18)8-23(16,21)22/h1-4,10,12H,5-8H2,(H,19,20)/t10?,12-/m0/s1. The molecule has 1 aliphatic rings. The molecule has 6 nitrogen and oxygen atoms in total. The summed E-state index contributed by atoms with van der Waals surface area (Å²) >= 11 is 0. The third-order valence-corrected chi connectivity index (χ3v) is 4.52. The minimum absolute atomic E-state index is 0.117. The molecule has 0 spiro atoms. The van der Waals surface area contributed by atoms with Gasteiger partial charge in [0.05, 0.1) is 5.75 Å². The van der Waals surface area contributed by atoms with Crippen molar-refractivity contribution in [1.82, 2.24) is 4.90 Å². The Balaban J connectivity index is 2.15. The highest BCUT2D eigenvalue weighted by Gasteiger charge is 2.39. The molecular formula is C14H15F2NO5S. The number of carbonyl (C=O) groups is 2. The normalized spacial score (nSPS) is 19.8. The van der Waals surface area contributed by atoms with Crippen LogP contribution in [-0.2, 0) is 26.2 Å². The molecule has 0 radical (unpaired) electrons. The van der Waals surface area contributed by atoms with Crippen LogP contribution in [0, 0.1) is 11.7 Å². The lowest BCUT2D eigenvalue weighted by molar-refractivity contribution is -0.148. The van der Waals surface area contributed by atoms with E-state index >= 15 is 0 Å². The molecule has 2 atom stereocenters. The van der Waals surface area contributed by atoms with Gasteiger partial charge in [0.15, 0.2) is 0 Å². The summed E-state index contributed by atoms with van der Waals surface area (Å²) < 4.78 is 47.3. The van der Waals surface area contributed by atoms with E-state index in [-0.39, 0.29) is 19.4 Å². The fourth-order valence-electron chi connectivity index (χ4n) is 2.72. The maximum atomic E-state index is 13.2. The topological polar surface area (TPSA) is 91.8 Å². The maximum Gasteiger partial charge on any atom is 0.326 e. The first-order valence-electron chi connectivity index (χ1n) is 6.85. The molecule has 1 N–H and O–H groups in total. The molecule has 0 saturated carbocycles. The summed E-state index contributed by atoms with van der Waals surface area (Å²) in [5.74, 6) is -3.97. The molecule has 1 saturated heterocycles. The van der Waals surface area contributed by atoms with Gasteiger partial charge in [-0.25, -0.2) is 9.18 Å². The van der Waals surface area contributed by atoms with E-state index in [1.54, 1.807) is 0 Å². The van der Waals surface area contributed by atoms with E-state index in [1.807, 2.05) is 0 Å². The highest BCUT2D eigenvalue weighted by atomic mass is 32.3. The van der Waals surface area contributed by atoms with Gasteiger partial charge in [0.1, 0.15) is 11.9 Å². The number of likely N-dealkylation sites (tertiary alicyclic amines) is 1. The van der Waals surface area contributed by atoms with Crippen LogP contribution in [0.1, 0.15) is 12.0 Å². The van der Waals surface area contributed by atoms with E-state index in [1.165, 1.54) is 24.3 Å². The summed E-state index contributed by atoms with van der Waals surface area (Å²) in [5, 5.41) is 9.32. The maximum absolute atomic E-state index is 13.2. The van der Waals surface area contributed by atoms with Crippen LogP contribution < -0.4 is 0 Å². The van der Waals surface area contributed by atoms with E-state index in [0.29, 0.717) is 5.56 Å². The average Bonchev–Trinajstić information content (AvgIpc) is 2.74. The summed E-state index contributed by atoms with van der Waals surface area (Å²) in [4.78, 5) is 24.4. The van der Waals surface area contributed by atoms with Crippen LogP contribution in [0.15, 0.2) is 24.3 Å². The zero-order chi connectivity index (χ0) is 17.2. The number of rotatable bonds is 6. The van der Waals surface area contributed by atoms with Gasteiger partial charge >= 0.3 is 16.2 Å². The van der Waals surface area contributed by atoms with Gasteiger partial charge in [0.25, 0.3) is 0 Å². The Morgan fingerprint density at radius 3 is 2.70 bits per heavy atom. The van der Waals surface area contributed by atoms with Gasteiger partial charge in [0, 0.05) is 25.3 Å². The van der Waals surface area contributed by atoms with Crippen molar-refractivity contribution in [2.24, 2.45) is 5.92 Å². The summed E-state index contributed by atoms with van der Waals surface area (Å²) in [6.45, 7) is -0.158. The van der Waals surface area contributed by atoms with Gasteiger partial charge in [-0.05, 0) is 17.7 Å². The van der Waals surface area contributed by atoms with Crippen molar-refractivity contribution in [3.63, 3.8) is 0 Å². The Morgan fingerprint density at radius 2 is 2.13 bits per heavy atom. The van der Waals surface area contributed by atoms with Crippen LogP contribution in [0.4, 0.5) is 8.28 Å². The molecule has 9 heteroatoms. The molecule has 1 aliphatic heterocycles. The predicted octanol–water partition coefficient (Wildman–Crippen LogP) is 0.969. The monoisotopic (exact) mass is 347 g/mol. The second-order valence-corrected chi connectivity index (χ2v) is 6.92. The summed E-state index contributed by atoms with van der Waals surface area (Å²) in [6, 6.07) is 4.08. The second kappa shape index (κ2) is 6.61. The number of carboxylic acids is 1. The van der Waals surface area contributed by atoms with Gasteiger partial charge in [-0.2, -0.15) is 8.42 Å². The van der Waals surface area contributed by atoms with Crippen LogP contribution >= 0.6 is 0 Å². The number of carbonyl (C=O) groups excluding carboxylic acids is 1. The quantitative estimate of drug-likeness (QED) is 0.774. The number of carboxylic acid groups (broad SMARTS) is 1. The van der Waals surface area contributed by atoms with Crippen molar-refractivity contribution >= 4 is 22.1 Å². The highest BCUT2D eigenvalue weighted by molar-refractivity contribution is 7.86. The lowest BCUT2D eigenvalue weighted by Crippen LogP contribution is -2.43. The molecule has 1 unspecified atom stereocenters. The number of benzene rings is 1. The third kappa shape index (κ3) is 4.72. The van der Waals surface area contributed by atoms with E-state index < -0.39 is 45.6 Å². The first-order valence-corrected chi connectivity index (χ1v) is 8.40. The molecule has 23 heavy (non-hydrogen) atoms. The molecule has 126 valence electrons. The first kappa shape index (κ1) is 17.3. The largest absolute Gasteiger partial charge is 0.480 e. The molecule has 1 heterocycles. The SMILES string of the molecule is O=C(O)[C@H](Cc1cccc(F)c1)N1CC(CS(=O)(=O)F)CC1=O. The van der Waals surface area contributed by atoms with Crippen molar-refractivity contribution < 1.29 is 31.4 Å². The molecule has 0 aliphatic carbocycles. The van der Waals surface area contributed by atoms with Crippen LogP contribution in [0.5, 0.6) is 0 Å². The zero-order valence-corrected chi connectivity index (χ0v) is 12.8. The van der Waals surface area contributed by atoms with Gasteiger partial charge < -0.3 is 10.0 Å². The summed E-state index contributed by atoms with van der Waals surface area (Å²) in [5.41, 5.74) is 0.395. The lowest BCUT2D eigenvalue weighted by atomic mass is 10.0. The number of hydrogen-bond acceptors (Lipinski definition) is 4. The molecular weight excluding hydrogens is 332 g/mol. The van der Waals surface area contributed by atoms with E-state index in [2.05, 4.69) is 0 Å². The Hall–Kier alpha value is -2.03. The van der Waals surface area contributed by atoms with Crippen molar-refractivity contribution in [3.8, 4) is 0 Å². The molecule has 1 aromatic carbocycles. The lowest BCUT2D eigenvalue weighted by Gasteiger charge is -2.24. The van der Waals surface area contributed by atoms with Crippen molar-refractivity contribution in [1.29, 1.82) is 0 Å². The van der Waals surface area contributed by atoms with E-state index in [0.717, 1.165) is 4.90 Å².